The summed E-state index contributed by atoms with van der Waals surface area (Å²) in [5, 5.41) is 4.22. The lowest BCUT2D eigenvalue weighted by molar-refractivity contribution is 1.35. The Balaban J connectivity index is 1.16. The third kappa shape index (κ3) is 5.23. The van der Waals surface area contributed by atoms with Crippen molar-refractivity contribution in [3.63, 3.8) is 0 Å². The zero-order chi connectivity index (χ0) is 32.2. The third-order valence-corrected chi connectivity index (χ3v) is 9.72. The maximum Gasteiger partial charge on any atom is 0.0972 e. The van der Waals surface area contributed by atoms with Crippen LogP contribution in [-0.4, -0.2) is 19.9 Å². The van der Waals surface area contributed by atoms with Crippen molar-refractivity contribution in [2.45, 2.75) is 0 Å². The van der Waals surface area contributed by atoms with Gasteiger partial charge in [0, 0.05) is 52.7 Å². The lowest BCUT2D eigenvalue weighted by Crippen LogP contribution is -1.93. The van der Waals surface area contributed by atoms with Gasteiger partial charge in [-0.25, -0.2) is 19.9 Å². The van der Waals surface area contributed by atoms with Gasteiger partial charge in [0.25, 0.3) is 0 Å². The molecule has 0 aliphatic carbocycles. The average molecular weight is 744 g/mol. The molecule has 9 aromatic rings. The highest BCUT2D eigenvalue weighted by Gasteiger charge is 2.13. The van der Waals surface area contributed by atoms with E-state index >= 15 is 0 Å². The monoisotopic (exact) mass is 742 g/mol. The lowest BCUT2D eigenvalue weighted by Gasteiger charge is -2.11. The fraction of sp³-hybridized carbons (Fsp3) is 0. The summed E-state index contributed by atoms with van der Waals surface area (Å²) in [7, 11) is 0. The topological polar surface area (TPSA) is 51.6 Å². The predicted octanol–water partition coefficient (Wildman–Crippen LogP) is 12.1. The minimum atomic E-state index is 0.869. The third-order valence-electron chi connectivity index (χ3n) is 8.74. The number of halogens is 2. The van der Waals surface area contributed by atoms with Crippen LogP contribution in [0.4, 0.5) is 0 Å². The smallest absolute Gasteiger partial charge is 0.0972 e. The molecule has 226 valence electrons. The van der Waals surface area contributed by atoms with Gasteiger partial charge in [-0.15, -0.1) is 0 Å². The van der Waals surface area contributed by atoms with Crippen molar-refractivity contribution >= 4 is 75.5 Å². The first-order valence-electron chi connectivity index (χ1n) is 15.6. The Morgan fingerprint density at radius 1 is 0.292 bits per heavy atom. The van der Waals surface area contributed by atoms with Crippen LogP contribution in [0, 0.1) is 0 Å². The van der Waals surface area contributed by atoms with Gasteiger partial charge < -0.3 is 0 Å². The van der Waals surface area contributed by atoms with Gasteiger partial charge >= 0.3 is 0 Å². The molecule has 0 N–H and O–H groups in total. The van der Waals surface area contributed by atoms with Crippen molar-refractivity contribution in [3.05, 3.63) is 155 Å². The molecule has 0 atom stereocenters. The SMILES string of the molecule is Brc1ccc(-c2ccc3ccc4ccc(-c5cc(Br)cc(-c6ccc7ccc8ccc(-c9ccccc9)nc8c7n6)c5)nc4c3n2)cc1. The largest absolute Gasteiger partial charge is 0.245 e. The van der Waals surface area contributed by atoms with Crippen LogP contribution in [0.3, 0.4) is 0 Å². The summed E-state index contributed by atoms with van der Waals surface area (Å²) >= 11 is 7.31. The van der Waals surface area contributed by atoms with Gasteiger partial charge in [0.05, 0.1) is 44.8 Å². The zero-order valence-electron chi connectivity index (χ0n) is 25.4. The molecular weight excluding hydrogens is 720 g/mol. The number of benzene rings is 5. The van der Waals surface area contributed by atoms with Gasteiger partial charge in [-0.1, -0.05) is 123 Å². The molecule has 4 nitrogen and oxygen atoms in total. The van der Waals surface area contributed by atoms with Gasteiger partial charge in [-0.3, -0.25) is 0 Å². The molecule has 0 bridgehead atoms. The summed E-state index contributed by atoms with van der Waals surface area (Å²) in [4.78, 5) is 20.6. The van der Waals surface area contributed by atoms with Gasteiger partial charge in [0.15, 0.2) is 0 Å². The zero-order valence-corrected chi connectivity index (χ0v) is 28.6. The molecule has 0 radical (unpaired) electrons. The lowest BCUT2D eigenvalue weighted by atomic mass is 10.0. The normalized spacial score (nSPS) is 11.5. The molecular formula is C42H24Br2N4. The molecule has 0 spiro atoms. The Morgan fingerprint density at radius 3 is 1.06 bits per heavy atom. The molecule has 0 saturated carbocycles. The fourth-order valence-corrected chi connectivity index (χ4v) is 7.05. The van der Waals surface area contributed by atoms with Gasteiger partial charge in [0.1, 0.15) is 0 Å². The van der Waals surface area contributed by atoms with E-state index in [1.54, 1.807) is 0 Å². The Hall–Kier alpha value is -5.30. The number of pyridine rings is 4. The van der Waals surface area contributed by atoms with Crippen molar-refractivity contribution in [1.82, 2.24) is 19.9 Å². The molecule has 48 heavy (non-hydrogen) atoms. The molecule has 0 unspecified atom stereocenters. The van der Waals surface area contributed by atoms with Crippen LogP contribution in [0.25, 0.3) is 88.6 Å². The molecule has 9 rings (SSSR count). The minimum Gasteiger partial charge on any atom is -0.245 e. The van der Waals surface area contributed by atoms with Crippen LogP contribution in [0.15, 0.2) is 155 Å². The number of fused-ring (bicyclic) bond motifs is 6. The predicted molar refractivity (Wildman–Crippen MR) is 205 cm³/mol. The maximum atomic E-state index is 5.21. The number of aromatic nitrogens is 4. The van der Waals surface area contributed by atoms with Crippen molar-refractivity contribution in [2.24, 2.45) is 0 Å². The molecule has 0 fully saturated rings. The first-order valence-corrected chi connectivity index (χ1v) is 17.2. The highest BCUT2D eigenvalue weighted by Crippen LogP contribution is 2.34. The van der Waals surface area contributed by atoms with Gasteiger partial charge in [0.2, 0.25) is 0 Å². The van der Waals surface area contributed by atoms with Gasteiger partial charge in [-0.2, -0.15) is 0 Å². The Labute approximate surface area is 293 Å². The first kappa shape index (κ1) is 28.9. The molecule has 0 aliphatic rings. The summed E-state index contributed by atoms with van der Waals surface area (Å²) < 4.78 is 1.99. The number of rotatable bonds is 4. The number of hydrogen-bond acceptors (Lipinski definition) is 4. The van der Waals surface area contributed by atoms with Crippen molar-refractivity contribution in [3.8, 4) is 45.0 Å². The summed E-state index contributed by atoms with van der Waals surface area (Å²) in [6.45, 7) is 0. The Morgan fingerprint density at radius 2 is 0.646 bits per heavy atom. The average Bonchev–Trinajstić information content (AvgIpc) is 3.14. The van der Waals surface area contributed by atoms with E-state index in [1.165, 1.54) is 0 Å². The molecule has 0 amide bonds. The first-order chi connectivity index (χ1) is 23.6. The minimum absolute atomic E-state index is 0.869. The van der Waals surface area contributed by atoms with E-state index in [1.807, 2.05) is 30.3 Å². The van der Waals surface area contributed by atoms with E-state index < -0.39 is 0 Å². The molecule has 4 heterocycles. The van der Waals surface area contributed by atoms with Crippen LogP contribution in [0.1, 0.15) is 0 Å². The maximum absolute atomic E-state index is 5.21. The second-order valence-electron chi connectivity index (χ2n) is 11.8. The fourth-order valence-electron chi connectivity index (χ4n) is 6.29. The summed E-state index contributed by atoms with van der Waals surface area (Å²) in [5.74, 6) is 0. The standard InChI is InChI=1S/C42H24Br2N4/c43-33-16-10-26(11-17-33)36-19-13-28-7-9-30-15-21-38(48-42(30)40(28)46-36)32-22-31(23-34(44)24-32)37-20-14-29-8-6-27-12-18-35(25-4-2-1-3-5-25)45-39(27)41(29)47-37/h1-24H. The second kappa shape index (κ2) is 11.7. The molecule has 5 aromatic carbocycles. The van der Waals surface area contributed by atoms with Gasteiger partial charge in [-0.05, 0) is 54.6 Å². The van der Waals surface area contributed by atoms with E-state index in [4.69, 9.17) is 19.9 Å². The van der Waals surface area contributed by atoms with E-state index in [2.05, 4.69) is 147 Å². The highest BCUT2D eigenvalue weighted by atomic mass is 79.9. The molecule has 6 heteroatoms. The molecule has 0 aliphatic heterocycles. The van der Waals surface area contributed by atoms with Crippen LogP contribution < -0.4 is 0 Å². The molecule has 0 saturated heterocycles. The van der Waals surface area contributed by atoms with E-state index in [9.17, 15) is 0 Å². The highest BCUT2D eigenvalue weighted by molar-refractivity contribution is 9.10. The number of hydrogen-bond donors (Lipinski definition) is 0. The quantitative estimate of drug-likeness (QED) is 0.168. The number of nitrogens with zero attached hydrogens (tertiary/aromatic N) is 4. The molecule has 4 aromatic heterocycles. The van der Waals surface area contributed by atoms with E-state index in [0.29, 0.717) is 0 Å². The van der Waals surface area contributed by atoms with Crippen molar-refractivity contribution < 1.29 is 0 Å². The van der Waals surface area contributed by atoms with Crippen molar-refractivity contribution in [1.29, 1.82) is 0 Å². The van der Waals surface area contributed by atoms with Crippen molar-refractivity contribution in [2.75, 3.05) is 0 Å². The Bertz CT molecular complexity index is 2690. The summed E-state index contributed by atoms with van der Waals surface area (Å²) in [5.41, 5.74) is 11.3. The second-order valence-corrected chi connectivity index (χ2v) is 13.6. The van der Waals surface area contributed by atoms with Crippen LogP contribution in [-0.2, 0) is 0 Å². The van der Waals surface area contributed by atoms with E-state index in [0.717, 1.165) is 97.6 Å². The summed E-state index contributed by atoms with van der Waals surface area (Å²) in [6.07, 6.45) is 0. The Kier molecular flexibility index (Phi) is 7.07. The van der Waals surface area contributed by atoms with E-state index in [-0.39, 0.29) is 0 Å². The van der Waals surface area contributed by atoms with Crippen LogP contribution in [0.5, 0.6) is 0 Å². The summed E-state index contributed by atoms with van der Waals surface area (Å²) in [6, 6.07) is 50.1. The van der Waals surface area contributed by atoms with Crippen LogP contribution >= 0.6 is 31.9 Å². The van der Waals surface area contributed by atoms with Crippen LogP contribution in [0.2, 0.25) is 0 Å².